The van der Waals surface area contributed by atoms with Crippen molar-refractivity contribution in [3.8, 4) is 28.2 Å². The quantitative estimate of drug-likeness (QED) is 0.220. The normalized spacial score (nSPS) is 11.7. The summed E-state index contributed by atoms with van der Waals surface area (Å²) < 4.78 is 2.32. The predicted octanol–water partition coefficient (Wildman–Crippen LogP) is 10.4. The molecule has 0 saturated heterocycles. The van der Waals surface area contributed by atoms with Crippen molar-refractivity contribution in [2.45, 2.75) is 0 Å². The Bertz CT molecular complexity index is 2510. The Labute approximate surface area is 248 Å². The summed E-state index contributed by atoms with van der Waals surface area (Å²) in [5, 5.41) is 7.20. The molecule has 43 heavy (non-hydrogen) atoms. The molecule has 0 fully saturated rings. The molecule has 0 aliphatic heterocycles. The Balaban J connectivity index is 1.41. The Morgan fingerprint density at radius 1 is 0.372 bits per heavy atom. The molecule has 0 amide bonds. The number of rotatable bonds is 3. The molecule has 200 valence electrons. The molecule has 0 radical (unpaired) electrons. The predicted molar refractivity (Wildman–Crippen MR) is 180 cm³/mol. The van der Waals surface area contributed by atoms with Gasteiger partial charge in [-0.05, 0) is 75.1 Å². The van der Waals surface area contributed by atoms with E-state index in [-0.39, 0.29) is 0 Å². The van der Waals surface area contributed by atoms with Crippen LogP contribution in [0, 0.1) is 0 Å². The first-order valence-electron chi connectivity index (χ1n) is 14.6. The van der Waals surface area contributed by atoms with E-state index in [0.29, 0.717) is 0 Å². The van der Waals surface area contributed by atoms with E-state index in [1.165, 1.54) is 43.4 Å². The summed E-state index contributed by atoms with van der Waals surface area (Å²) in [4.78, 5) is 10.6. The number of hydrogen-bond donors (Lipinski definition) is 0. The van der Waals surface area contributed by atoms with Crippen molar-refractivity contribution in [2.24, 2.45) is 0 Å². The van der Waals surface area contributed by atoms with E-state index in [1.54, 1.807) is 0 Å². The van der Waals surface area contributed by atoms with Crippen molar-refractivity contribution >= 4 is 54.4 Å². The van der Waals surface area contributed by atoms with Gasteiger partial charge in [-0.1, -0.05) is 109 Å². The number of benzene rings is 7. The van der Waals surface area contributed by atoms with Gasteiger partial charge >= 0.3 is 0 Å². The van der Waals surface area contributed by atoms with Crippen LogP contribution in [0.25, 0.3) is 82.6 Å². The average Bonchev–Trinajstić information content (AvgIpc) is 3.39. The molecule has 9 aromatic rings. The first kappa shape index (κ1) is 23.9. The van der Waals surface area contributed by atoms with Gasteiger partial charge in [0.2, 0.25) is 0 Å². The molecular weight excluding hydrogens is 522 g/mol. The van der Waals surface area contributed by atoms with E-state index in [1.807, 2.05) is 24.3 Å². The third-order valence-electron chi connectivity index (χ3n) is 8.53. The lowest BCUT2D eigenvalue weighted by atomic mass is 10.0. The zero-order valence-electron chi connectivity index (χ0n) is 23.3. The second-order valence-electron chi connectivity index (χ2n) is 11.1. The number of aromatic nitrogens is 3. The molecule has 3 nitrogen and oxygen atoms in total. The summed E-state index contributed by atoms with van der Waals surface area (Å²) in [6.45, 7) is 0. The highest BCUT2D eigenvalue weighted by atomic mass is 15.1. The maximum atomic E-state index is 5.34. The Morgan fingerprint density at radius 2 is 0.977 bits per heavy atom. The minimum atomic E-state index is 0.830. The fourth-order valence-corrected chi connectivity index (χ4v) is 6.42. The van der Waals surface area contributed by atoms with Crippen LogP contribution in [0.1, 0.15) is 0 Å². The van der Waals surface area contributed by atoms with Gasteiger partial charge in [-0.3, -0.25) is 4.57 Å². The van der Waals surface area contributed by atoms with Crippen molar-refractivity contribution in [1.82, 2.24) is 14.5 Å². The van der Waals surface area contributed by atoms with Gasteiger partial charge in [0.05, 0.1) is 22.1 Å². The van der Waals surface area contributed by atoms with Crippen LogP contribution >= 0.6 is 0 Å². The fraction of sp³-hybridized carbons (Fsp3) is 0. The topological polar surface area (TPSA) is 30.7 Å². The van der Waals surface area contributed by atoms with Gasteiger partial charge in [0, 0.05) is 16.3 Å². The lowest BCUT2D eigenvalue weighted by molar-refractivity contribution is 1.08. The molecule has 0 atom stereocenters. The van der Waals surface area contributed by atoms with Gasteiger partial charge in [0.15, 0.2) is 5.82 Å². The highest BCUT2D eigenvalue weighted by molar-refractivity contribution is 6.14. The molecule has 0 aliphatic rings. The van der Waals surface area contributed by atoms with Crippen LogP contribution in [0.15, 0.2) is 152 Å². The summed E-state index contributed by atoms with van der Waals surface area (Å²) >= 11 is 0. The van der Waals surface area contributed by atoms with E-state index in [9.17, 15) is 0 Å². The van der Waals surface area contributed by atoms with Crippen molar-refractivity contribution in [3.05, 3.63) is 152 Å². The summed E-state index contributed by atoms with van der Waals surface area (Å²) in [5.74, 6) is 0.830. The van der Waals surface area contributed by atoms with Gasteiger partial charge in [-0.25, -0.2) is 9.97 Å². The first-order valence-corrected chi connectivity index (χ1v) is 14.6. The van der Waals surface area contributed by atoms with Gasteiger partial charge in [-0.15, -0.1) is 0 Å². The molecule has 2 aromatic heterocycles. The number of fused-ring (bicyclic) bond motifs is 6. The van der Waals surface area contributed by atoms with E-state index < -0.39 is 0 Å². The van der Waals surface area contributed by atoms with Crippen LogP contribution in [0.3, 0.4) is 0 Å². The van der Waals surface area contributed by atoms with Gasteiger partial charge < -0.3 is 0 Å². The van der Waals surface area contributed by atoms with E-state index in [4.69, 9.17) is 9.97 Å². The van der Waals surface area contributed by atoms with Crippen LogP contribution in [0.5, 0.6) is 0 Å². The van der Waals surface area contributed by atoms with Crippen molar-refractivity contribution in [1.29, 1.82) is 0 Å². The first-order chi connectivity index (χ1) is 21.3. The van der Waals surface area contributed by atoms with Gasteiger partial charge in [0.1, 0.15) is 5.69 Å². The van der Waals surface area contributed by atoms with Crippen LogP contribution in [-0.2, 0) is 0 Å². The van der Waals surface area contributed by atoms with Gasteiger partial charge in [-0.2, -0.15) is 0 Å². The fourth-order valence-electron chi connectivity index (χ4n) is 6.42. The lowest BCUT2D eigenvalue weighted by Crippen LogP contribution is -2.03. The number of para-hydroxylation sites is 2. The standard InChI is InChI=1S/C40H25N3/c1-2-10-26(11-3-1)31-20-21-37-33(24-31)34-23-29-14-6-7-15-30(29)25-38(34)43(37)40-39(41-35-16-8-9-17-36(35)42-40)32-19-18-27-12-4-5-13-28(27)22-32/h1-25H. The van der Waals surface area contributed by atoms with E-state index in [0.717, 1.165) is 39.1 Å². The summed E-state index contributed by atoms with van der Waals surface area (Å²) in [7, 11) is 0. The van der Waals surface area contributed by atoms with Crippen molar-refractivity contribution < 1.29 is 0 Å². The van der Waals surface area contributed by atoms with Crippen molar-refractivity contribution in [2.75, 3.05) is 0 Å². The lowest BCUT2D eigenvalue weighted by Gasteiger charge is -2.14. The second kappa shape index (κ2) is 9.37. The Hall–Kier alpha value is -5.80. The van der Waals surface area contributed by atoms with Crippen LogP contribution < -0.4 is 0 Å². The summed E-state index contributed by atoms with van der Waals surface area (Å²) in [6.07, 6.45) is 0. The molecule has 2 heterocycles. The van der Waals surface area contributed by atoms with Crippen LogP contribution in [0.4, 0.5) is 0 Å². The van der Waals surface area contributed by atoms with Crippen molar-refractivity contribution in [3.63, 3.8) is 0 Å². The maximum absolute atomic E-state index is 5.34. The average molecular weight is 548 g/mol. The second-order valence-corrected chi connectivity index (χ2v) is 11.1. The summed E-state index contributed by atoms with van der Waals surface area (Å²) in [5.41, 5.74) is 8.29. The molecular formula is C40H25N3. The Morgan fingerprint density at radius 3 is 1.77 bits per heavy atom. The molecule has 0 bridgehead atoms. The largest absolute Gasteiger partial charge is 0.292 e. The molecule has 0 N–H and O–H groups in total. The maximum Gasteiger partial charge on any atom is 0.165 e. The molecule has 3 heteroatoms. The highest BCUT2D eigenvalue weighted by Crippen LogP contribution is 2.39. The third-order valence-corrected chi connectivity index (χ3v) is 8.53. The zero-order valence-corrected chi connectivity index (χ0v) is 23.3. The Kier molecular flexibility index (Phi) is 5.20. The molecule has 0 saturated carbocycles. The smallest absolute Gasteiger partial charge is 0.165 e. The van der Waals surface area contributed by atoms with E-state index in [2.05, 4.69) is 132 Å². The minimum absolute atomic E-state index is 0.830. The third kappa shape index (κ3) is 3.83. The van der Waals surface area contributed by atoms with Crippen LogP contribution in [-0.4, -0.2) is 14.5 Å². The number of nitrogens with zero attached hydrogens (tertiary/aromatic N) is 3. The molecule has 0 unspecified atom stereocenters. The summed E-state index contributed by atoms with van der Waals surface area (Å²) in [6, 6.07) is 53.8. The molecule has 0 spiro atoms. The SMILES string of the molecule is c1ccc(-c2ccc3c(c2)c2cc4ccccc4cc2n3-c2nc3ccccc3nc2-c2ccc3ccccc3c2)cc1. The highest BCUT2D eigenvalue weighted by Gasteiger charge is 2.20. The van der Waals surface area contributed by atoms with E-state index >= 15 is 0 Å². The molecule has 0 aliphatic carbocycles. The van der Waals surface area contributed by atoms with Gasteiger partial charge in [0.25, 0.3) is 0 Å². The van der Waals surface area contributed by atoms with Crippen LogP contribution in [0.2, 0.25) is 0 Å². The number of hydrogen-bond acceptors (Lipinski definition) is 2. The molecule has 7 aromatic carbocycles. The minimum Gasteiger partial charge on any atom is -0.292 e. The zero-order chi connectivity index (χ0) is 28.3. The molecule has 9 rings (SSSR count). The monoisotopic (exact) mass is 547 g/mol.